The Morgan fingerprint density at radius 3 is 2.71 bits per heavy atom. The Hall–Kier alpha value is -3.42. The highest BCUT2D eigenvalue weighted by Gasteiger charge is 2.14. The van der Waals surface area contributed by atoms with Gasteiger partial charge in [-0.05, 0) is 24.3 Å². The second-order valence-corrected chi connectivity index (χ2v) is 4.58. The van der Waals surface area contributed by atoms with Crippen LogP contribution in [-0.2, 0) is 4.79 Å². The molecule has 0 saturated heterocycles. The predicted molar refractivity (Wildman–Crippen MR) is 87.3 cm³/mol. The van der Waals surface area contributed by atoms with E-state index in [1.54, 1.807) is 30.3 Å². The number of hydrazone groups is 1. The Morgan fingerprint density at radius 2 is 2.04 bits per heavy atom. The molecule has 8 nitrogen and oxygen atoms in total. The van der Waals surface area contributed by atoms with Crippen LogP contribution in [0.2, 0.25) is 0 Å². The minimum atomic E-state index is -0.553. The summed E-state index contributed by atoms with van der Waals surface area (Å²) < 4.78 is 10.2. The Kier molecular flexibility index (Phi) is 5.84. The van der Waals surface area contributed by atoms with E-state index in [2.05, 4.69) is 10.5 Å². The van der Waals surface area contributed by atoms with Crippen molar-refractivity contribution in [2.24, 2.45) is 5.10 Å². The summed E-state index contributed by atoms with van der Waals surface area (Å²) in [6.45, 7) is -0.190. The van der Waals surface area contributed by atoms with Crippen LogP contribution in [0.15, 0.2) is 53.6 Å². The summed E-state index contributed by atoms with van der Waals surface area (Å²) in [6, 6.07) is 13.2. The average molecular weight is 329 g/mol. The van der Waals surface area contributed by atoms with Crippen molar-refractivity contribution in [2.75, 3.05) is 13.7 Å². The van der Waals surface area contributed by atoms with E-state index >= 15 is 0 Å². The Bertz CT molecular complexity index is 747. The molecule has 8 heteroatoms. The molecule has 0 spiro atoms. The van der Waals surface area contributed by atoms with E-state index < -0.39 is 10.8 Å². The molecule has 0 unspecified atom stereocenters. The number of carbonyl (C=O) groups is 1. The molecule has 2 aromatic carbocycles. The molecule has 0 aliphatic rings. The Morgan fingerprint density at radius 1 is 1.29 bits per heavy atom. The first-order chi connectivity index (χ1) is 11.6. The van der Waals surface area contributed by atoms with Gasteiger partial charge in [-0.3, -0.25) is 14.9 Å². The molecular formula is C16H15N3O5. The second kappa shape index (κ2) is 8.28. The zero-order valence-corrected chi connectivity index (χ0v) is 12.8. The lowest BCUT2D eigenvalue weighted by Crippen LogP contribution is -2.24. The van der Waals surface area contributed by atoms with E-state index in [0.717, 1.165) is 0 Å². The molecule has 0 fully saturated rings. The average Bonchev–Trinajstić information content (AvgIpc) is 2.60. The lowest BCUT2D eigenvalue weighted by Gasteiger charge is -2.04. The first-order valence-electron chi connectivity index (χ1n) is 6.92. The fourth-order valence-corrected chi connectivity index (χ4v) is 1.81. The van der Waals surface area contributed by atoms with Gasteiger partial charge in [-0.2, -0.15) is 5.10 Å². The number of rotatable bonds is 7. The van der Waals surface area contributed by atoms with Crippen LogP contribution < -0.4 is 14.9 Å². The van der Waals surface area contributed by atoms with Gasteiger partial charge in [0.25, 0.3) is 5.91 Å². The Balaban J connectivity index is 1.90. The fraction of sp³-hybridized carbons (Fsp3) is 0.125. The van der Waals surface area contributed by atoms with Gasteiger partial charge in [0.05, 0.1) is 18.2 Å². The van der Waals surface area contributed by atoms with Crippen LogP contribution in [0, 0.1) is 10.1 Å². The van der Waals surface area contributed by atoms with E-state index in [1.807, 2.05) is 6.07 Å². The molecule has 24 heavy (non-hydrogen) atoms. The number of nitrogens with one attached hydrogen (secondary N) is 1. The van der Waals surface area contributed by atoms with E-state index in [0.29, 0.717) is 11.3 Å². The molecule has 2 aromatic rings. The van der Waals surface area contributed by atoms with Crippen LogP contribution in [0.25, 0.3) is 0 Å². The summed E-state index contributed by atoms with van der Waals surface area (Å²) in [5.41, 5.74) is 2.55. The maximum Gasteiger partial charge on any atom is 0.311 e. The standard InChI is InChI=1S/C16H15N3O5/c1-23-15-8-7-12(9-14(15)19(21)22)10-17-18-16(20)11-24-13-5-3-2-4-6-13/h2-10H,11H2,1H3,(H,18,20)/b17-10+. The summed E-state index contributed by atoms with van der Waals surface area (Å²) in [6.07, 6.45) is 1.30. The van der Waals surface area contributed by atoms with E-state index in [-0.39, 0.29) is 18.0 Å². The zero-order chi connectivity index (χ0) is 17.4. The highest BCUT2D eigenvalue weighted by atomic mass is 16.6. The minimum Gasteiger partial charge on any atom is -0.490 e. The highest BCUT2D eigenvalue weighted by molar-refractivity contribution is 5.84. The molecule has 124 valence electrons. The lowest BCUT2D eigenvalue weighted by atomic mass is 10.2. The number of nitro benzene ring substituents is 1. The molecule has 0 saturated carbocycles. The third-order valence-electron chi connectivity index (χ3n) is 2.92. The molecule has 0 aliphatic heterocycles. The number of hydrogen-bond acceptors (Lipinski definition) is 6. The monoisotopic (exact) mass is 329 g/mol. The predicted octanol–water partition coefficient (Wildman–Crippen LogP) is 2.13. The van der Waals surface area contributed by atoms with Crippen molar-refractivity contribution >= 4 is 17.8 Å². The van der Waals surface area contributed by atoms with Gasteiger partial charge in [-0.25, -0.2) is 5.43 Å². The molecule has 0 heterocycles. The number of ether oxygens (including phenoxy) is 2. The number of methoxy groups -OCH3 is 1. The van der Waals surface area contributed by atoms with Crippen LogP contribution in [-0.4, -0.2) is 30.8 Å². The second-order valence-electron chi connectivity index (χ2n) is 4.58. The number of nitro groups is 1. The van der Waals surface area contributed by atoms with Crippen LogP contribution in [0.5, 0.6) is 11.5 Å². The van der Waals surface area contributed by atoms with Crippen LogP contribution in [0.3, 0.4) is 0 Å². The van der Waals surface area contributed by atoms with Gasteiger partial charge in [0, 0.05) is 11.6 Å². The van der Waals surface area contributed by atoms with Gasteiger partial charge in [0.2, 0.25) is 0 Å². The van der Waals surface area contributed by atoms with E-state index in [4.69, 9.17) is 9.47 Å². The third-order valence-corrected chi connectivity index (χ3v) is 2.92. The van der Waals surface area contributed by atoms with Gasteiger partial charge in [0.15, 0.2) is 12.4 Å². The molecule has 1 N–H and O–H groups in total. The lowest BCUT2D eigenvalue weighted by molar-refractivity contribution is -0.385. The molecular weight excluding hydrogens is 314 g/mol. The van der Waals surface area contributed by atoms with Gasteiger partial charge < -0.3 is 9.47 Å². The van der Waals surface area contributed by atoms with Gasteiger partial charge in [-0.1, -0.05) is 18.2 Å². The highest BCUT2D eigenvalue weighted by Crippen LogP contribution is 2.26. The van der Waals surface area contributed by atoms with Crippen molar-refractivity contribution in [2.45, 2.75) is 0 Å². The molecule has 0 aliphatic carbocycles. The van der Waals surface area contributed by atoms with Crippen molar-refractivity contribution in [3.8, 4) is 11.5 Å². The van der Waals surface area contributed by atoms with Crippen molar-refractivity contribution in [3.05, 3.63) is 64.2 Å². The first kappa shape index (κ1) is 16.9. The van der Waals surface area contributed by atoms with Gasteiger partial charge in [-0.15, -0.1) is 0 Å². The maximum absolute atomic E-state index is 11.6. The number of nitrogens with zero attached hydrogens (tertiary/aromatic N) is 2. The minimum absolute atomic E-state index is 0.150. The number of benzene rings is 2. The van der Waals surface area contributed by atoms with Crippen molar-refractivity contribution in [1.29, 1.82) is 0 Å². The number of hydrogen-bond donors (Lipinski definition) is 1. The summed E-state index contributed by atoms with van der Waals surface area (Å²) >= 11 is 0. The van der Waals surface area contributed by atoms with Crippen LogP contribution in [0.1, 0.15) is 5.56 Å². The molecule has 0 aromatic heterocycles. The number of carbonyl (C=O) groups excluding carboxylic acids is 1. The zero-order valence-electron chi connectivity index (χ0n) is 12.8. The van der Waals surface area contributed by atoms with Gasteiger partial charge in [0.1, 0.15) is 5.75 Å². The van der Waals surface area contributed by atoms with E-state index in [1.165, 1.54) is 25.5 Å². The topological polar surface area (TPSA) is 103 Å². The number of amides is 1. The molecule has 0 radical (unpaired) electrons. The fourth-order valence-electron chi connectivity index (χ4n) is 1.81. The largest absolute Gasteiger partial charge is 0.490 e. The van der Waals surface area contributed by atoms with Crippen molar-refractivity contribution in [1.82, 2.24) is 5.43 Å². The van der Waals surface area contributed by atoms with E-state index in [9.17, 15) is 14.9 Å². The smallest absolute Gasteiger partial charge is 0.311 e. The quantitative estimate of drug-likeness (QED) is 0.476. The SMILES string of the molecule is COc1ccc(/C=N/NC(=O)COc2ccccc2)cc1[N+](=O)[O-]. The molecule has 1 amide bonds. The van der Waals surface area contributed by atoms with Gasteiger partial charge >= 0.3 is 5.69 Å². The van der Waals surface area contributed by atoms with Crippen LogP contribution >= 0.6 is 0 Å². The maximum atomic E-state index is 11.6. The van der Waals surface area contributed by atoms with Crippen molar-refractivity contribution in [3.63, 3.8) is 0 Å². The third kappa shape index (κ3) is 4.80. The first-order valence-corrected chi connectivity index (χ1v) is 6.92. The molecule has 0 atom stereocenters. The summed E-state index contributed by atoms with van der Waals surface area (Å²) in [4.78, 5) is 22.0. The van der Waals surface area contributed by atoms with Crippen molar-refractivity contribution < 1.29 is 19.2 Å². The summed E-state index contributed by atoms with van der Waals surface area (Å²) in [5.74, 6) is 0.276. The summed E-state index contributed by atoms with van der Waals surface area (Å²) in [5, 5.41) is 14.7. The molecule has 2 rings (SSSR count). The summed E-state index contributed by atoms with van der Waals surface area (Å²) in [7, 11) is 1.35. The van der Waals surface area contributed by atoms with Crippen LogP contribution in [0.4, 0.5) is 5.69 Å². The normalized spacial score (nSPS) is 10.4. The molecule has 0 bridgehead atoms. The number of para-hydroxylation sites is 1. The Labute approximate surface area is 137 Å².